The summed E-state index contributed by atoms with van der Waals surface area (Å²) in [6, 6.07) is 25.0. The smallest absolute Gasteiger partial charge is 0.251 e. The van der Waals surface area contributed by atoms with Crippen molar-refractivity contribution in [3.8, 4) is 5.69 Å². The monoisotopic (exact) mass is 411 g/mol. The van der Waals surface area contributed by atoms with Gasteiger partial charge in [-0.25, -0.2) is 4.68 Å². The Morgan fingerprint density at radius 3 is 2.26 bits per heavy atom. The molecule has 31 heavy (non-hydrogen) atoms. The highest BCUT2D eigenvalue weighted by Gasteiger charge is 2.23. The standard InChI is InChI=1S/C24H21N5O2/c30-23(19-11-5-2-6-12-19)27-21(17-18-9-3-1-4-10-18)24(31)26-20-13-7-8-14-22(20)29-16-15-25-28-29/h1-16,21H,17H2,(H,26,31)(H,27,30). The van der Waals surface area contributed by atoms with E-state index in [1.807, 2.05) is 54.6 Å². The molecule has 7 nitrogen and oxygen atoms in total. The first-order valence-corrected chi connectivity index (χ1v) is 9.87. The molecule has 0 aliphatic carbocycles. The highest BCUT2D eigenvalue weighted by atomic mass is 16.2. The van der Waals surface area contributed by atoms with Crippen LogP contribution in [0.4, 0.5) is 5.69 Å². The molecule has 0 bridgehead atoms. The summed E-state index contributed by atoms with van der Waals surface area (Å²) in [5, 5.41) is 13.6. The Labute approximate surface area is 179 Å². The second-order valence-electron chi connectivity index (χ2n) is 6.94. The summed E-state index contributed by atoms with van der Waals surface area (Å²) < 4.78 is 1.57. The molecular formula is C24H21N5O2. The van der Waals surface area contributed by atoms with E-state index in [0.29, 0.717) is 23.4 Å². The topological polar surface area (TPSA) is 88.9 Å². The fourth-order valence-electron chi connectivity index (χ4n) is 3.23. The van der Waals surface area contributed by atoms with Gasteiger partial charge >= 0.3 is 0 Å². The van der Waals surface area contributed by atoms with E-state index < -0.39 is 6.04 Å². The number of amides is 2. The minimum atomic E-state index is -0.765. The molecule has 1 atom stereocenters. The predicted molar refractivity (Wildman–Crippen MR) is 118 cm³/mol. The number of anilines is 1. The average molecular weight is 411 g/mol. The molecule has 0 saturated carbocycles. The van der Waals surface area contributed by atoms with Gasteiger partial charge in [0.2, 0.25) is 5.91 Å². The van der Waals surface area contributed by atoms with Crippen LogP contribution in [0.2, 0.25) is 0 Å². The second kappa shape index (κ2) is 9.49. The number of nitrogens with zero attached hydrogens (tertiary/aromatic N) is 3. The average Bonchev–Trinajstić information content (AvgIpc) is 3.35. The van der Waals surface area contributed by atoms with E-state index in [9.17, 15) is 9.59 Å². The minimum Gasteiger partial charge on any atom is -0.340 e. The number of para-hydroxylation sites is 2. The van der Waals surface area contributed by atoms with Gasteiger partial charge < -0.3 is 10.6 Å². The summed E-state index contributed by atoms with van der Waals surface area (Å²) in [7, 11) is 0. The van der Waals surface area contributed by atoms with Gasteiger partial charge in [0.05, 0.1) is 23.8 Å². The van der Waals surface area contributed by atoms with Gasteiger partial charge in [0.1, 0.15) is 6.04 Å². The number of aromatic nitrogens is 3. The molecule has 0 aliphatic heterocycles. The van der Waals surface area contributed by atoms with Crippen LogP contribution >= 0.6 is 0 Å². The summed E-state index contributed by atoms with van der Waals surface area (Å²) in [4.78, 5) is 26.0. The molecule has 1 aromatic heterocycles. The summed E-state index contributed by atoms with van der Waals surface area (Å²) in [5.41, 5.74) is 2.70. The van der Waals surface area contributed by atoms with Crippen molar-refractivity contribution in [2.24, 2.45) is 0 Å². The molecule has 4 rings (SSSR count). The van der Waals surface area contributed by atoms with Crippen molar-refractivity contribution in [1.82, 2.24) is 20.3 Å². The van der Waals surface area contributed by atoms with Gasteiger partial charge in [0.15, 0.2) is 0 Å². The number of benzene rings is 3. The molecule has 0 spiro atoms. The van der Waals surface area contributed by atoms with Crippen LogP contribution in [0.25, 0.3) is 5.69 Å². The third kappa shape index (κ3) is 5.02. The summed E-state index contributed by atoms with van der Waals surface area (Å²) >= 11 is 0. The van der Waals surface area contributed by atoms with Crippen LogP contribution in [0.3, 0.4) is 0 Å². The maximum atomic E-state index is 13.2. The van der Waals surface area contributed by atoms with Crippen molar-refractivity contribution in [1.29, 1.82) is 0 Å². The lowest BCUT2D eigenvalue weighted by Crippen LogP contribution is -2.45. The van der Waals surface area contributed by atoms with Crippen molar-refractivity contribution in [3.05, 3.63) is 108 Å². The van der Waals surface area contributed by atoms with Gasteiger partial charge in [-0.1, -0.05) is 65.9 Å². The lowest BCUT2D eigenvalue weighted by atomic mass is 10.0. The largest absolute Gasteiger partial charge is 0.340 e. The van der Waals surface area contributed by atoms with Crippen LogP contribution in [-0.2, 0) is 11.2 Å². The molecule has 2 amide bonds. The Hall–Kier alpha value is -4.26. The first-order chi connectivity index (χ1) is 15.2. The van der Waals surface area contributed by atoms with E-state index in [1.54, 1.807) is 47.4 Å². The molecule has 7 heteroatoms. The normalized spacial score (nSPS) is 11.5. The Kier molecular flexibility index (Phi) is 6.13. The number of hydrogen-bond acceptors (Lipinski definition) is 4. The third-order valence-electron chi connectivity index (χ3n) is 4.77. The zero-order valence-corrected chi connectivity index (χ0v) is 16.7. The van der Waals surface area contributed by atoms with Crippen molar-refractivity contribution in [2.75, 3.05) is 5.32 Å². The van der Waals surface area contributed by atoms with E-state index in [4.69, 9.17) is 0 Å². The predicted octanol–water partition coefficient (Wildman–Crippen LogP) is 3.25. The summed E-state index contributed by atoms with van der Waals surface area (Å²) in [6.45, 7) is 0. The van der Waals surface area contributed by atoms with E-state index in [1.165, 1.54) is 0 Å². The molecule has 0 aliphatic rings. The van der Waals surface area contributed by atoms with Crippen LogP contribution in [-0.4, -0.2) is 32.9 Å². The molecular weight excluding hydrogens is 390 g/mol. The molecule has 3 aromatic carbocycles. The fraction of sp³-hybridized carbons (Fsp3) is 0.0833. The van der Waals surface area contributed by atoms with E-state index >= 15 is 0 Å². The Morgan fingerprint density at radius 2 is 1.55 bits per heavy atom. The third-order valence-corrected chi connectivity index (χ3v) is 4.77. The SMILES string of the molecule is O=C(NC(Cc1ccccc1)C(=O)Nc1ccccc1-n1ccnn1)c1ccccc1. The summed E-state index contributed by atoms with van der Waals surface area (Å²) in [5.74, 6) is -0.623. The quantitative estimate of drug-likeness (QED) is 0.489. The van der Waals surface area contributed by atoms with Crippen LogP contribution in [0, 0.1) is 0 Å². The van der Waals surface area contributed by atoms with Crippen LogP contribution in [0.1, 0.15) is 15.9 Å². The first-order valence-electron chi connectivity index (χ1n) is 9.87. The number of rotatable bonds is 7. The Balaban J connectivity index is 1.58. The van der Waals surface area contributed by atoms with Gasteiger partial charge in [-0.3, -0.25) is 9.59 Å². The van der Waals surface area contributed by atoms with Crippen LogP contribution in [0.15, 0.2) is 97.3 Å². The molecule has 0 saturated heterocycles. The molecule has 0 fully saturated rings. The lowest BCUT2D eigenvalue weighted by molar-refractivity contribution is -0.118. The van der Waals surface area contributed by atoms with Gasteiger partial charge in [0, 0.05) is 12.0 Å². The number of hydrogen-bond donors (Lipinski definition) is 2. The van der Waals surface area contributed by atoms with Gasteiger partial charge in [-0.05, 0) is 29.8 Å². The Bertz CT molecular complexity index is 1150. The van der Waals surface area contributed by atoms with Crippen molar-refractivity contribution < 1.29 is 9.59 Å². The lowest BCUT2D eigenvalue weighted by Gasteiger charge is -2.20. The molecule has 0 radical (unpaired) electrons. The highest BCUT2D eigenvalue weighted by Crippen LogP contribution is 2.19. The van der Waals surface area contributed by atoms with Crippen molar-refractivity contribution in [3.63, 3.8) is 0 Å². The number of carbonyl (C=O) groups excluding carboxylic acids is 2. The highest BCUT2D eigenvalue weighted by molar-refractivity contribution is 6.02. The minimum absolute atomic E-state index is 0.304. The van der Waals surface area contributed by atoms with Crippen LogP contribution in [0.5, 0.6) is 0 Å². The van der Waals surface area contributed by atoms with Gasteiger partial charge in [-0.15, -0.1) is 5.10 Å². The van der Waals surface area contributed by atoms with E-state index in [0.717, 1.165) is 5.56 Å². The van der Waals surface area contributed by atoms with Gasteiger partial charge in [0.25, 0.3) is 5.91 Å². The maximum absolute atomic E-state index is 13.2. The maximum Gasteiger partial charge on any atom is 0.251 e. The molecule has 4 aromatic rings. The molecule has 1 heterocycles. The van der Waals surface area contributed by atoms with Crippen molar-refractivity contribution in [2.45, 2.75) is 12.5 Å². The summed E-state index contributed by atoms with van der Waals surface area (Å²) in [6.07, 6.45) is 3.62. The zero-order valence-electron chi connectivity index (χ0n) is 16.7. The molecule has 154 valence electrons. The molecule has 1 unspecified atom stereocenters. The Morgan fingerprint density at radius 1 is 0.871 bits per heavy atom. The first kappa shape index (κ1) is 20.0. The van der Waals surface area contributed by atoms with E-state index in [2.05, 4.69) is 20.9 Å². The fourth-order valence-corrected chi connectivity index (χ4v) is 3.23. The van der Waals surface area contributed by atoms with Crippen molar-refractivity contribution >= 4 is 17.5 Å². The number of carbonyl (C=O) groups is 2. The van der Waals surface area contributed by atoms with Gasteiger partial charge in [-0.2, -0.15) is 0 Å². The zero-order chi connectivity index (χ0) is 21.5. The number of nitrogens with one attached hydrogen (secondary N) is 2. The van der Waals surface area contributed by atoms with Crippen LogP contribution < -0.4 is 10.6 Å². The second-order valence-corrected chi connectivity index (χ2v) is 6.94. The van der Waals surface area contributed by atoms with E-state index in [-0.39, 0.29) is 11.8 Å². The molecule has 2 N–H and O–H groups in total.